The van der Waals surface area contributed by atoms with Gasteiger partial charge in [-0.3, -0.25) is 9.69 Å². The maximum absolute atomic E-state index is 13.3. The van der Waals surface area contributed by atoms with Gasteiger partial charge in [-0.15, -0.1) is 0 Å². The van der Waals surface area contributed by atoms with E-state index in [2.05, 4.69) is 5.32 Å². The van der Waals surface area contributed by atoms with Crippen molar-refractivity contribution in [2.75, 3.05) is 13.6 Å². The van der Waals surface area contributed by atoms with Gasteiger partial charge in [0.2, 0.25) is 5.91 Å². The summed E-state index contributed by atoms with van der Waals surface area (Å²) in [4.78, 5) is 14.0. The van der Waals surface area contributed by atoms with Gasteiger partial charge in [0.05, 0.1) is 18.7 Å². The summed E-state index contributed by atoms with van der Waals surface area (Å²) in [6.45, 7) is 2.39. The molecule has 2 aromatic rings. The van der Waals surface area contributed by atoms with Gasteiger partial charge in [0.25, 0.3) is 0 Å². The van der Waals surface area contributed by atoms with E-state index in [4.69, 9.17) is 0 Å². The molecule has 1 amide bonds. The Morgan fingerprint density at radius 1 is 1.16 bits per heavy atom. The Balaban J connectivity index is 1.87. The number of aliphatic hydroxyl groups excluding tert-OH is 1. The molecule has 0 saturated carbocycles. The van der Waals surface area contributed by atoms with Crippen molar-refractivity contribution in [3.05, 3.63) is 71.3 Å². The number of likely N-dealkylation sites (N-methyl/N-ethyl adjacent to an activating group) is 1. The number of carbonyl (C=O) groups excluding carboxylic acids is 1. The van der Waals surface area contributed by atoms with Crippen molar-refractivity contribution in [1.29, 1.82) is 0 Å². The van der Waals surface area contributed by atoms with Crippen LogP contribution in [0.15, 0.2) is 48.5 Å². The molecule has 0 radical (unpaired) electrons. The van der Waals surface area contributed by atoms with E-state index in [9.17, 15) is 18.7 Å². The minimum atomic E-state index is -1.13. The Morgan fingerprint density at radius 2 is 1.84 bits per heavy atom. The fourth-order valence-electron chi connectivity index (χ4n) is 2.56. The second-order valence-electron chi connectivity index (χ2n) is 6.13. The third-order valence-corrected chi connectivity index (χ3v) is 3.86. The Hall–Kier alpha value is -2.31. The molecule has 0 saturated heterocycles. The number of hydrogen-bond donors (Lipinski definition) is 2. The van der Waals surface area contributed by atoms with E-state index in [-0.39, 0.29) is 18.0 Å². The van der Waals surface area contributed by atoms with E-state index in [0.717, 1.165) is 17.7 Å². The van der Waals surface area contributed by atoms with Gasteiger partial charge < -0.3 is 10.4 Å². The van der Waals surface area contributed by atoms with Gasteiger partial charge in [-0.2, -0.15) is 0 Å². The van der Waals surface area contributed by atoms with Crippen molar-refractivity contribution in [2.24, 2.45) is 0 Å². The van der Waals surface area contributed by atoms with Gasteiger partial charge in [-0.25, -0.2) is 8.78 Å². The molecule has 2 N–H and O–H groups in total. The molecule has 2 rings (SSSR count). The summed E-state index contributed by atoms with van der Waals surface area (Å²) in [5.41, 5.74) is 1.30. The highest BCUT2D eigenvalue weighted by molar-refractivity contribution is 5.78. The zero-order valence-electron chi connectivity index (χ0n) is 14.2. The van der Waals surface area contributed by atoms with Gasteiger partial charge in [0.1, 0.15) is 0 Å². The maximum atomic E-state index is 13.3. The number of benzene rings is 2. The van der Waals surface area contributed by atoms with E-state index in [1.54, 1.807) is 6.92 Å². The first kappa shape index (κ1) is 19.0. The van der Waals surface area contributed by atoms with E-state index < -0.39 is 23.8 Å². The van der Waals surface area contributed by atoms with Gasteiger partial charge in [-0.1, -0.05) is 36.4 Å². The number of halogens is 2. The van der Waals surface area contributed by atoms with Crippen molar-refractivity contribution < 1.29 is 18.7 Å². The summed E-state index contributed by atoms with van der Waals surface area (Å²) >= 11 is 0. The summed E-state index contributed by atoms with van der Waals surface area (Å²) in [6, 6.07) is 12.3. The average molecular weight is 348 g/mol. The fraction of sp³-hybridized carbons (Fsp3) is 0.316. The summed E-state index contributed by atoms with van der Waals surface area (Å²) < 4.78 is 26.2. The molecule has 6 heteroatoms. The van der Waals surface area contributed by atoms with E-state index in [1.165, 1.54) is 6.07 Å². The molecule has 4 nitrogen and oxygen atoms in total. The summed E-state index contributed by atoms with van der Waals surface area (Å²) in [5, 5.41) is 12.9. The average Bonchev–Trinajstić information content (AvgIpc) is 2.57. The molecule has 0 bridgehead atoms. The normalized spacial score (nSPS) is 13.5. The Morgan fingerprint density at radius 3 is 2.48 bits per heavy atom. The molecule has 0 aromatic heterocycles. The number of aliphatic hydroxyl groups is 1. The lowest BCUT2D eigenvalue weighted by Crippen LogP contribution is -2.42. The lowest BCUT2D eigenvalue weighted by Gasteiger charge is -2.23. The lowest BCUT2D eigenvalue weighted by atomic mass is 10.0. The van der Waals surface area contributed by atoms with Crippen LogP contribution in [0.25, 0.3) is 0 Å². The van der Waals surface area contributed by atoms with Gasteiger partial charge in [0.15, 0.2) is 11.6 Å². The molecule has 0 aliphatic carbocycles. The molecule has 0 spiro atoms. The monoisotopic (exact) mass is 348 g/mol. The number of amides is 1. The second kappa shape index (κ2) is 8.69. The van der Waals surface area contributed by atoms with Crippen molar-refractivity contribution in [3.63, 3.8) is 0 Å². The van der Waals surface area contributed by atoms with Crippen LogP contribution in [0.2, 0.25) is 0 Å². The zero-order valence-corrected chi connectivity index (χ0v) is 14.2. The van der Waals surface area contributed by atoms with E-state index >= 15 is 0 Å². The Labute approximate surface area is 146 Å². The van der Waals surface area contributed by atoms with Crippen molar-refractivity contribution in [3.8, 4) is 0 Å². The largest absolute Gasteiger partial charge is 0.386 e. The van der Waals surface area contributed by atoms with Crippen LogP contribution in [0.1, 0.15) is 24.2 Å². The van der Waals surface area contributed by atoms with Crippen LogP contribution in [-0.2, 0) is 11.3 Å². The van der Waals surface area contributed by atoms with Crippen LogP contribution in [0.4, 0.5) is 8.78 Å². The van der Waals surface area contributed by atoms with Crippen molar-refractivity contribution >= 4 is 5.91 Å². The first-order chi connectivity index (χ1) is 11.9. The molecule has 0 heterocycles. The highest BCUT2D eigenvalue weighted by Gasteiger charge is 2.20. The molecule has 2 aromatic carbocycles. The van der Waals surface area contributed by atoms with Crippen molar-refractivity contribution in [1.82, 2.24) is 10.2 Å². The molecule has 0 fully saturated rings. The Bertz CT molecular complexity index is 710. The van der Waals surface area contributed by atoms with Crippen LogP contribution >= 0.6 is 0 Å². The van der Waals surface area contributed by atoms with Gasteiger partial charge in [-0.05, 0) is 37.2 Å². The number of nitrogens with one attached hydrogen (secondary N) is 1. The molecule has 0 aliphatic heterocycles. The van der Waals surface area contributed by atoms with Crippen LogP contribution < -0.4 is 5.32 Å². The van der Waals surface area contributed by atoms with Crippen LogP contribution in [0.5, 0.6) is 0 Å². The first-order valence-corrected chi connectivity index (χ1v) is 8.01. The minimum absolute atomic E-state index is 0.156. The highest BCUT2D eigenvalue weighted by Crippen LogP contribution is 2.19. The number of hydrogen-bond acceptors (Lipinski definition) is 3. The maximum Gasteiger partial charge on any atom is 0.234 e. The third-order valence-electron chi connectivity index (χ3n) is 3.86. The van der Waals surface area contributed by atoms with Crippen LogP contribution in [-0.4, -0.2) is 35.5 Å². The first-order valence-electron chi connectivity index (χ1n) is 8.01. The van der Waals surface area contributed by atoms with E-state index in [0.29, 0.717) is 6.54 Å². The third kappa shape index (κ3) is 5.62. The number of nitrogens with zero attached hydrogens (tertiary/aromatic N) is 1. The SMILES string of the molecule is CC(NC(=O)CN(C)Cc1ccccc1)C(O)c1ccc(F)c(F)c1. The zero-order chi connectivity index (χ0) is 18.4. The number of carbonyl (C=O) groups is 1. The summed E-state index contributed by atoms with van der Waals surface area (Å²) in [7, 11) is 1.82. The second-order valence-corrected chi connectivity index (χ2v) is 6.13. The summed E-state index contributed by atoms with van der Waals surface area (Å²) in [6.07, 6.45) is -1.13. The van der Waals surface area contributed by atoms with Gasteiger partial charge >= 0.3 is 0 Å². The standard InChI is InChI=1S/C19H22F2N2O2/c1-13(19(25)15-8-9-16(20)17(21)10-15)22-18(24)12-23(2)11-14-6-4-3-5-7-14/h3-10,13,19,25H,11-12H2,1-2H3,(H,22,24). The molecule has 0 aliphatic rings. The quantitative estimate of drug-likeness (QED) is 0.809. The molecule has 134 valence electrons. The topological polar surface area (TPSA) is 52.6 Å². The Kier molecular flexibility index (Phi) is 6.61. The van der Waals surface area contributed by atoms with Crippen molar-refractivity contribution in [2.45, 2.75) is 25.6 Å². The predicted molar refractivity (Wildman–Crippen MR) is 91.7 cm³/mol. The number of rotatable bonds is 7. The highest BCUT2D eigenvalue weighted by atomic mass is 19.2. The molecule has 2 atom stereocenters. The van der Waals surface area contributed by atoms with Gasteiger partial charge in [0, 0.05) is 6.54 Å². The summed E-state index contributed by atoms with van der Waals surface area (Å²) in [5.74, 6) is -2.26. The fourth-order valence-corrected chi connectivity index (χ4v) is 2.56. The molecule has 2 unspecified atom stereocenters. The van der Waals surface area contributed by atoms with Crippen LogP contribution in [0, 0.1) is 11.6 Å². The lowest BCUT2D eigenvalue weighted by molar-refractivity contribution is -0.123. The van der Waals surface area contributed by atoms with Crippen LogP contribution in [0.3, 0.4) is 0 Å². The minimum Gasteiger partial charge on any atom is -0.386 e. The molecular formula is C19H22F2N2O2. The predicted octanol–water partition coefficient (Wildman–Crippen LogP) is 2.63. The van der Waals surface area contributed by atoms with E-state index in [1.807, 2.05) is 42.3 Å². The molecular weight excluding hydrogens is 326 g/mol. The molecule has 25 heavy (non-hydrogen) atoms. The smallest absolute Gasteiger partial charge is 0.234 e.